The molecular formula is C18H25NO2. The fraction of sp³-hybridized carbons (Fsp3) is 0.556. The Hall–Kier alpha value is -1.82. The quantitative estimate of drug-likeness (QED) is 0.761. The zero-order chi connectivity index (χ0) is 16.4. The number of carbonyl (C=O) groups is 1. The molecule has 0 atom stereocenters. The van der Waals surface area contributed by atoms with Crippen LogP contribution in [0.4, 0.5) is 0 Å². The van der Waals surface area contributed by atoms with Crippen LogP contribution < -0.4 is 0 Å². The molecule has 0 N–H and O–H groups in total. The van der Waals surface area contributed by atoms with Crippen molar-refractivity contribution in [2.75, 3.05) is 6.61 Å². The fourth-order valence-corrected chi connectivity index (χ4v) is 2.31. The first-order chi connectivity index (χ1) is 9.52. The third-order valence-electron chi connectivity index (χ3n) is 3.39. The van der Waals surface area contributed by atoms with E-state index in [0.717, 1.165) is 11.1 Å². The Labute approximate surface area is 127 Å². The summed E-state index contributed by atoms with van der Waals surface area (Å²) in [5, 5.41) is 9.41. The zero-order valence-electron chi connectivity index (χ0n) is 14.1. The number of carbonyl (C=O) groups excluding carboxylic acids is 1. The normalized spacial score (nSPS) is 11.9. The fourth-order valence-electron chi connectivity index (χ4n) is 2.31. The van der Waals surface area contributed by atoms with E-state index in [9.17, 15) is 10.1 Å². The molecule has 0 saturated heterocycles. The minimum absolute atomic E-state index is 0.155. The molecule has 0 saturated carbocycles. The maximum Gasteiger partial charge on any atom is 0.338 e. The summed E-state index contributed by atoms with van der Waals surface area (Å²) >= 11 is 0. The van der Waals surface area contributed by atoms with Gasteiger partial charge in [0.05, 0.1) is 23.8 Å². The third-order valence-corrected chi connectivity index (χ3v) is 3.39. The summed E-state index contributed by atoms with van der Waals surface area (Å²) < 4.78 is 5.14. The summed E-state index contributed by atoms with van der Waals surface area (Å²) in [7, 11) is 0. The SMILES string of the molecule is CCOC(=O)c1cc(C#N)c(C(C)(C)C)cc1C(C)(C)C. The van der Waals surface area contributed by atoms with Gasteiger partial charge in [0, 0.05) is 0 Å². The van der Waals surface area contributed by atoms with Gasteiger partial charge in [-0.05, 0) is 34.9 Å². The third kappa shape index (κ3) is 3.85. The van der Waals surface area contributed by atoms with Crippen LogP contribution in [0.1, 0.15) is 75.5 Å². The van der Waals surface area contributed by atoms with Gasteiger partial charge in [-0.25, -0.2) is 4.79 Å². The minimum Gasteiger partial charge on any atom is -0.462 e. The van der Waals surface area contributed by atoms with E-state index < -0.39 is 0 Å². The average molecular weight is 287 g/mol. The van der Waals surface area contributed by atoms with E-state index in [-0.39, 0.29) is 16.8 Å². The molecule has 0 aliphatic carbocycles. The van der Waals surface area contributed by atoms with Crippen LogP contribution in [0.3, 0.4) is 0 Å². The van der Waals surface area contributed by atoms with Crippen LogP contribution in [0, 0.1) is 11.3 Å². The Balaban J connectivity index is 3.66. The second-order valence-corrected chi connectivity index (χ2v) is 7.28. The Morgan fingerprint density at radius 1 is 1.10 bits per heavy atom. The van der Waals surface area contributed by atoms with Crippen LogP contribution in [0.15, 0.2) is 12.1 Å². The van der Waals surface area contributed by atoms with Crippen LogP contribution in [-0.2, 0) is 15.6 Å². The number of hydrogen-bond donors (Lipinski definition) is 0. The number of rotatable bonds is 2. The van der Waals surface area contributed by atoms with E-state index in [0.29, 0.717) is 17.7 Å². The molecule has 0 bridgehead atoms. The van der Waals surface area contributed by atoms with E-state index in [4.69, 9.17) is 4.74 Å². The lowest BCUT2D eigenvalue weighted by atomic mass is 9.76. The number of benzene rings is 1. The molecule has 0 amide bonds. The van der Waals surface area contributed by atoms with Gasteiger partial charge in [-0.2, -0.15) is 5.26 Å². The summed E-state index contributed by atoms with van der Waals surface area (Å²) in [5.74, 6) is -0.362. The van der Waals surface area contributed by atoms with Crippen molar-refractivity contribution in [1.29, 1.82) is 5.26 Å². The predicted molar refractivity (Wildman–Crippen MR) is 84.5 cm³/mol. The van der Waals surface area contributed by atoms with Gasteiger partial charge in [0.2, 0.25) is 0 Å². The smallest absolute Gasteiger partial charge is 0.338 e. The second-order valence-electron chi connectivity index (χ2n) is 7.28. The lowest BCUT2D eigenvalue weighted by Gasteiger charge is -2.27. The maximum absolute atomic E-state index is 12.2. The van der Waals surface area contributed by atoms with Crippen LogP contribution in [0.5, 0.6) is 0 Å². The number of ether oxygens (including phenoxy) is 1. The number of nitrogens with zero attached hydrogens (tertiary/aromatic N) is 1. The average Bonchev–Trinajstić information content (AvgIpc) is 2.35. The van der Waals surface area contributed by atoms with Crippen LogP contribution in [0.2, 0.25) is 0 Å². The lowest BCUT2D eigenvalue weighted by Crippen LogP contribution is -2.22. The molecule has 0 fully saturated rings. The standard InChI is InChI=1S/C18H25NO2/c1-8-21-16(20)13-9-12(11-19)14(17(2,3)4)10-15(13)18(5,6)7/h9-10H,8H2,1-7H3. The number of nitriles is 1. The van der Waals surface area contributed by atoms with Gasteiger partial charge in [-0.15, -0.1) is 0 Å². The Kier molecular flexibility index (Phi) is 4.83. The van der Waals surface area contributed by atoms with Crippen LogP contribution >= 0.6 is 0 Å². The topological polar surface area (TPSA) is 50.1 Å². The van der Waals surface area contributed by atoms with Crippen LogP contribution in [-0.4, -0.2) is 12.6 Å². The van der Waals surface area contributed by atoms with Crippen molar-refractivity contribution in [1.82, 2.24) is 0 Å². The Bertz CT molecular complexity index is 581. The van der Waals surface area contributed by atoms with Gasteiger partial charge in [-0.3, -0.25) is 0 Å². The summed E-state index contributed by atoms with van der Waals surface area (Å²) in [6.07, 6.45) is 0. The van der Waals surface area contributed by atoms with Crippen molar-refractivity contribution >= 4 is 5.97 Å². The molecule has 1 rings (SSSR count). The monoisotopic (exact) mass is 287 g/mol. The van der Waals surface area contributed by atoms with Gasteiger partial charge in [0.15, 0.2) is 0 Å². The zero-order valence-corrected chi connectivity index (χ0v) is 14.1. The summed E-state index contributed by atoms with van der Waals surface area (Å²) in [4.78, 5) is 12.2. The molecule has 0 radical (unpaired) electrons. The first-order valence-electron chi connectivity index (χ1n) is 7.28. The van der Waals surface area contributed by atoms with E-state index >= 15 is 0 Å². The molecule has 0 heterocycles. The molecule has 0 spiro atoms. The van der Waals surface area contributed by atoms with Gasteiger partial charge >= 0.3 is 5.97 Å². The molecule has 0 aliphatic rings. The first kappa shape index (κ1) is 17.2. The Morgan fingerprint density at radius 3 is 2.00 bits per heavy atom. The molecule has 1 aromatic rings. The van der Waals surface area contributed by atoms with E-state index in [1.807, 2.05) is 6.07 Å². The minimum atomic E-state index is -0.362. The Morgan fingerprint density at radius 2 is 1.62 bits per heavy atom. The van der Waals surface area contributed by atoms with Crippen molar-refractivity contribution in [3.8, 4) is 6.07 Å². The lowest BCUT2D eigenvalue weighted by molar-refractivity contribution is 0.0523. The summed E-state index contributed by atoms with van der Waals surface area (Å²) in [5.41, 5.74) is 2.56. The highest BCUT2D eigenvalue weighted by molar-refractivity contribution is 5.92. The molecule has 0 unspecified atom stereocenters. The second kappa shape index (κ2) is 5.89. The molecule has 0 aliphatic heterocycles. The molecular weight excluding hydrogens is 262 g/mol. The highest BCUT2D eigenvalue weighted by atomic mass is 16.5. The predicted octanol–water partition coefficient (Wildman–Crippen LogP) is 4.33. The van der Waals surface area contributed by atoms with Gasteiger partial charge in [-0.1, -0.05) is 47.6 Å². The maximum atomic E-state index is 12.2. The van der Waals surface area contributed by atoms with Crippen molar-refractivity contribution in [3.05, 3.63) is 34.4 Å². The molecule has 3 nitrogen and oxygen atoms in total. The molecule has 21 heavy (non-hydrogen) atoms. The van der Waals surface area contributed by atoms with Gasteiger partial charge in [0.1, 0.15) is 0 Å². The van der Waals surface area contributed by atoms with Crippen molar-refractivity contribution in [2.45, 2.75) is 59.3 Å². The van der Waals surface area contributed by atoms with E-state index in [1.165, 1.54) is 0 Å². The van der Waals surface area contributed by atoms with E-state index in [1.54, 1.807) is 13.0 Å². The highest BCUT2D eigenvalue weighted by Crippen LogP contribution is 2.34. The van der Waals surface area contributed by atoms with Crippen LogP contribution in [0.25, 0.3) is 0 Å². The van der Waals surface area contributed by atoms with Crippen molar-refractivity contribution in [3.63, 3.8) is 0 Å². The number of esters is 1. The molecule has 0 aromatic heterocycles. The molecule has 3 heteroatoms. The van der Waals surface area contributed by atoms with Crippen molar-refractivity contribution in [2.24, 2.45) is 0 Å². The number of hydrogen-bond acceptors (Lipinski definition) is 3. The van der Waals surface area contributed by atoms with Gasteiger partial charge in [0.25, 0.3) is 0 Å². The van der Waals surface area contributed by atoms with E-state index in [2.05, 4.69) is 47.6 Å². The summed E-state index contributed by atoms with van der Waals surface area (Å²) in [6, 6.07) is 5.88. The molecule has 114 valence electrons. The first-order valence-corrected chi connectivity index (χ1v) is 7.28. The highest BCUT2D eigenvalue weighted by Gasteiger charge is 2.28. The van der Waals surface area contributed by atoms with Crippen molar-refractivity contribution < 1.29 is 9.53 Å². The van der Waals surface area contributed by atoms with Gasteiger partial charge < -0.3 is 4.74 Å². The molecule has 1 aromatic carbocycles. The summed E-state index contributed by atoms with van der Waals surface area (Å²) in [6.45, 7) is 14.5. The largest absolute Gasteiger partial charge is 0.462 e.